The van der Waals surface area contributed by atoms with Crippen molar-refractivity contribution in [1.82, 2.24) is 25.4 Å². The number of carbonyl (C=O) groups excluding carboxylic acids is 1. The van der Waals surface area contributed by atoms with Crippen LogP contribution in [0.25, 0.3) is 0 Å². The first kappa shape index (κ1) is 25.9. The predicted molar refractivity (Wildman–Crippen MR) is 130 cm³/mol. The second-order valence-corrected chi connectivity index (χ2v) is 7.59. The smallest absolute Gasteiger partial charge is 0.239 e. The van der Waals surface area contributed by atoms with Crippen molar-refractivity contribution in [2.45, 2.75) is 38.6 Å². The lowest BCUT2D eigenvalue weighted by molar-refractivity contribution is -0.133. The van der Waals surface area contributed by atoms with Gasteiger partial charge in [-0.15, -0.1) is 24.0 Å². The first-order chi connectivity index (χ1) is 13.5. The highest BCUT2D eigenvalue weighted by atomic mass is 127. The molecule has 1 fully saturated rings. The molecule has 1 aromatic heterocycles. The molecule has 0 spiro atoms. The van der Waals surface area contributed by atoms with Crippen LogP contribution in [0.5, 0.6) is 0 Å². The molecule has 0 radical (unpaired) electrons. The van der Waals surface area contributed by atoms with Crippen LogP contribution in [0.15, 0.2) is 23.3 Å². The van der Waals surface area contributed by atoms with Gasteiger partial charge in [0, 0.05) is 46.5 Å². The standard InChI is InChI=1S/C20H33ClN6O.HI/c1-4-22-20(24-12-10-16-8-9-18(21)25-15-16)23-11-6-14-27-13-5-7-17(27)19(28)26(2)3;/h8-9,15,17H,4-7,10-14H2,1-3H3,(H2,22,23,24);1H. The van der Waals surface area contributed by atoms with E-state index in [9.17, 15) is 4.79 Å². The van der Waals surface area contributed by atoms with Crippen LogP contribution in [0.1, 0.15) is 31.7 Å². The monoisotopic (exact) mass is 536 g/mol. The van der Waals surface area contributed by atoms with Crippen molar-refractivity contribution < 1.29 is 4.79 Å². The number of pyridine rings is 1. The molecule has 29 heavy (non-hydrogen) atoms. The van der Waals surface area contributed by atoms with Crippen molar-refractivity contribution in [3.63, 3.8) is 0 Å². The number of halogens is 2. The molecule has 0 saturated carbocycles. The first-order valence-corrected chi connectivity index (χ1v) is 10.5. The van der Waals surface area contributed by atoms with E-state index in [0.29, 0.717) is 5.15 Å². The molecular weight excluding hydrogens is 503 g/mol. The van der Waals surface area contributed by atoms with E-state index in [2.05, 4.69) is 32.4 Å². The average Bonchev–Trinajstić information content (AvgIpc) is 3.14. The molecule has 1 aromatic rings. The molecule has 0 aliphatic carbocycles. The number of aliphatic imine (C=N–C) groups is 1. The van der Waals surface area contributed by atoms with Gasteiger partial charge in [-0.2, -0.15) is 0 Å². The Morgan fingerprint density at radius 1 is 1.38 bits per heavy atom. The minimum absolute atomic E-state index is 0. The number of guanidine groups is 1. The number of likely N-dealkylation sites (tertiary alicyclic amines) is 1. The Hall–Kier alpha value is -1.13. The summed E-state index contributed by atoms with van der Waals surface area (Å²) in [6.07, 6.45) is 5.66. The van der Waals surface area contributed by atoms with Gasteiger partial charge in [0.2, 0.25) is 5.91 Å². The maximum Gasteiger partial charge on any atom is 0.239 e. The summed E-state index contributed by atoms with van der Waals surface area (Å²) >= 11 is 5.82. The summed E-state index contributed by atoms with van der Waals surface area (Å²) in [5.41, 5.74) is 1.14. The molecule has 1 unspecified atom stereocenters. The zero-order valence-corrected chi connectivity index (χ0v) is 20.7. The van der Waals surface area contributed by atoms with Crippen LogP contribution in [0.4, 0.5) is 0 Å². The maximum atomic E-state index is 12.3. The molecule has 0 aromatic carbocycles. The third kappa shape index (κ3) is 9.04. The summed E-state index contributed by atoms with van der Waals surface area (Å²) in [4.78, 5) is 25.0. The molecule has 7 nitrogen and oxygen atoms in total. The molecule has 2 rings (SSSR count). The van der Waals surface area contributed by atoms with Crippen molar-refractivity contribution >= 4 is 47.4 Å². The van der Waals surface area contributed by atoms with Crippen molar-refractivity contribution in [1.29, 1.82) is 0 Å². The highest BCUT2D eigenvalue weighted by molar-refractivity contribution is 14.0. The van der Waals surface area contributed by atoms with Gasteiger partial charge >= 0.3 is 0 Å². The Morgan fingerprint density at radius 3 is 2.83 bits per heavy atom. The summed E-state index contributed by atoms with van der Waals surface area (Å²) in [5.74, 6) is 1.04. The molecule has 1 saturated heterocycles. The van der Waals surface area contributed by atoms with Crippen LogP contribution < -0.4 is 10.6 Å². The zero-order chi connectivity index (χ0) is 20.4. The van der Waals surface area contributed by atoms with E-state index in [4.69, 9.17) is 11.6 Å². The second-order valence-electron chi connectivity index (χ2n) is 7.21. The van der Waals surface area contributed by atoms with Crippen LogP contribution in [-0.4, -0.2) is 79.5 Å². The predicted octanol–water partition coefficient (Wildman–Crippen LogP) is 2.39. The number of likely N-dealkylation sites (N-methyl/N-ethyl adjacent to an activating group) is 1. The highest BCUT2D eigenvalue weighted by Crippen LogP contribution is 2.18. The number of nitrogens with one attached hydrogen (secondary N) is 2. The Labute approximate surface area is 196 Å². The molecule has 1 aliphatic rings. The van der Waals surface area contributed by atoms with E-state index in [1.165, 1.54) is 0 Å². The van der Waals surface area contributed by atoms with Gasteiger partial charge in [-0.25, -0.2) is 4.98 Å². The van der Waals surface area contributed by atoms with Crippen molar-refractivity contribution in [2.75, 3.05) is 46.8 Å². The molecule has 2 heterocycles. The van der Waals surface area contributed by atoms with Crippen LogP contribution in [0, 0.1) is 0 Å². The number of hydrogen-bond acceptors (Lipinski definition) is 4. The Morgan fingerprint density at radius 2 is 2.17 bits per heavy atom. The quantitative estimate of drug-likeness (QED) is 0.167. The van der Waals surface area contributed by atoms with E-state index in [0.717, 1.165) is 69.9 Å². The number of amides is 1. The average molecular weight is 537 g/mol. The van der Waals surface area contributed by atoms with Gasteiger partial charge in [-0.05, 0) is 50.8 Å². The number of nitrogens with zero attached hydrogens (tertiary/aromatic N) is 4. The first-order valence-electron chi connectivity index (χ1n) is 10.1. The Balaban J connectivity index is 0.00000420. The van der Waals surface area contributed by atoms with Gasteiger partial charge in [-0.3, -0.25) is 14.7 Å². The van der Waals surface area contributed by atoms with E-state index in [1.54, 1.807) is 11.1 Å². The summed E-state index contributed by atoms with van der Waals surface area (Å²) in [7, 11) is 3.66. The third-order valence-corrected chi connectivity index (χ3v) is 5.03. The van der Waals surface area contributed by atoms with Gasteiger partial charge in [-0.1, -0.05) is 17.7 Å². The topological polar surface area (TPSA) is 72.9 Å². The van der Waals surface area contributed by atoms with Crippen molar-refractivity contribution in [3.05, 3.63) is 29.0 Å². The zero-order valence-electron chi connectivity index (χ0n) is 17.7. The molecule has 1 amide bonds. The minimum Gasteiger partial charge on any atom is -0.357 e. The number of carbonyl (C=O) groups is 1. The molecule has 1 aliphatic heterocycles. The van der Waals surface area contributed by atoms with Crippen LogP contribution in [0.3, 0.4) is 0 Å². The number of aromatic nitrogens is 1. The van der Waals surface area contributed by atoms with Gasteiger partial charge in [0.1, 0.15) is 5.15 Å². The van der Waals surface area contributed by atoms with Gasteiger partial charge in [0.25, 0.3) is 0 Å². The molecule has 2 N–H and O–H groups in total. The van der Waals surface area contributed by atoms with Gasteiger partial charge in [0.05, 0.1) is 6.04 Å². The van der Waals surface area contributed by atoms with Gasteiger partial charge < -0.3 is 15.5 Å². The van der Waals surface area contributed by atoms with E-state index in [-0.39, 0.29) is 35.9 Å². The van der Waals surface area contributed by atoms with E-state index < -0.39 is 0 Å². The van der Waals surface area contributed by atoms with Crippen LogP contribution >= 0.6 is 35.6 Å². The molecular formula is C20H34ClIN6O. The van der Waals surface area contributed by atoms with Crippen LogP contribution in [-0.2, 0) is 11.2 Å². The highest BCUT2D eigenvalue weighted by Gasteiger charge is 2.30. The van der Waals surface area contributed by atoms with E-state index in [1.807, 2.05) is 26.2 Å². The molecule has 164 valence electrons. The number of hydrogen-bond donors (Lipinski definition) is 2. The van der Waals surface area contributed by atoms with Crippen molar-refractivity contribution in [2.24, 2.45) is 4.99 Å². The van der Waals surface area contributed by atoms with Crippen LogP contribution in [0.2, 0.25) is 5.15 Å². The summed E-state index contributed by atoms with van der Waals surface area (Å²) < 4.78 is 0. The third-order valence-electron chi connectivity index (χ3n) is 4.80. The summed E-state index contributed by atoms with van der Waals surface area (Å²) in [6.45, 7) is 6.30. The Kier molecular flexibility index (Phi) is 12.5. The fraction of sp³-hybridized carbons (Fsp3) is 0.650. The number of rotatable bonds is 9. The van der Waals surface area contributed by atoms with E-state index >= 15 is 0 Å². The lowest BCUT2D eigenvalue weighted by atomic mass is 10.2. The van der Waals surface area contributed by atoms with Crippen molar-refractivity contribution in [3.8, 4) is 0 Å². The maximum absolute atomic E-state index is 12.3. The molecule has 0 bridgehead atoms. The van der Waals surface area contributed by atoms with Gasteiger partial charge in [0.15, 0.2) is 5.96 Å². The lowest BCUT2D eigenvalue weighted by Crippen LogP contribution is -2.43. The lowest BCUT2D eigenvalue weighted by Gasteiger charge is -2.25. The fourth-order valence-corrected chi connectivity index (χ4v) is 3.47. The second kappa shape index (κ2) is 14.0. The Bertz CT molecular complexity index is 640. The molecule has 9 heteroatoms. The summed E-state index contributed by atoms with van der Waals surface area (Å²) in [6, 6.07) is 3.84. The largest absolute Gasteiger partial charge is 0.357 e. The summed E-state index contributed by atoms with van der Waals surface area (Å²) in [5, 5.41) is 7.15. The molecule has 1 atom stereocenters. The SMILES string of the molecule is CCNC(=NCCCN1CCCC1C(=O)N(C)C)NCCc1ccc(Cl)nc1.I. The fourth-order valence-electron chi connectivity index (χ4n) is 3.36. The minimum atomic E-state index is 0. The normalized spacial score (nSPS) is 17.0.